The average Bonchev–Trinajstić information content (AvgIpc) is 3.66. The highest BCUT2D eigenvalue weighted by molar-refractivity contribution is 5.90. The second kappa shape index (κ2) is 16.7. The van der Waals surface area contributed by atoms with E-state index >= 15 is 0 Å². The Kier molecular flexibility index (Phi) is 12.9. The van der Waals surface area contributed by atoms with Crippen LogP contribution in [0.2, 0.25) is 0 Å². The summed E-state index contributed by atoms with van der Waals surface area (Å²) in [5.74, 6) is 0.890. The summed E-state index contributed by atoms with van der Waals surface area (Å²) in [4.78, 5) is 26.7. The van der Waals surface area contributed by atoms with Crippen LogP contribution in [0, 0.1) is 0 Å². The lowest BCUT2D eigenvalue weighted by Crippen LogP contribution is -2.44. The van der Waals surface area contributed by atoms with Gasteiger partial charge in [-0.1, -0.05) is 19.7 Å². The van der Waals surface area contributed by atoms with Crippen molar-refractivity contribution in [2.75, 3.05) is 19.8 Å². The third kappa shape index (κ3) is 8.55. The van der Waals surface area contributed by atoms with E-state index in [0.29, 0.717) is 0 Å². The molecule has 0 aliphatic carbocycles. The Morgan fingerprint density at radius 1 is 0.490 bits per heavy atom. The van der Waals surface area contributed by atoms with Crippen molar-refractivity contribution in [3.05, 3.63) is 37.2 Å². The summed E-state index contributed by atoms with van der Waals surface area (Å²) < 4.78 is 15.9. The number of rotatable bonds is 6. The van der Waals surface area contributed by atoms with Gasteiger partial charge in [0, 0.05) is 0 Å². The van der Waals surface area contributed by atoms with Gasteiger partial charge in [-0.05, 0) is 0 Å². The Balaban J connectivity index is 0.000000172. The van der Waals surface area contributed by atoms with Crippen LogP contribution in [-0.2, 0) is 14.2 Å². The van der Waals surface area contributed by atoms with Gasteiger partial charge in [0.1, 0.15) is 91.4 Å². The number of nitrogens with two attached hydrogens (primary N) is 3. The maximum Gasteiger partial charge on any atom is 0.223 e. The molecule has 282 valence electrons. The Morgan fingerprint density at radius 2 is 0.725 bits per heavy atom. The first-order chi connectivity index (χ1) is 24.1. The van der Waals surface area contributed by atoms with Gasteiger partial charge in [0.2, 0.25) is 17.9 Å². The fourth-order valence-electron chi connectivity index (χ4n) is 5.19. The fourth-order valence-corrected chi connectivity index (χ4v) is 5.19. The lowest BCUT2D eigenvalue weighted by molar-refractivity contribution is -0.0607. The molecule has 3 fully saturated rings. The van der Waals surface area contributed by atoms with E-state index in [0.717, 1.165) is 0 Å². The summed E-state index contributed by atoms with van der Waals surface area (Å²) in [5, 5.41) is 85.0. The number of aliphatic imine (C=N–C) groups is 6. The van der Waals surface area contributed by atoms with Gasteiger partial charge in [0.25, 0.3) is 0 Å². The van der Waals surface area contributed by atoms with Crippen LogP contribution in [-0.4, -0.2) is 191 Å². The highest BCUT2D eigenvalue weighted by atomic mass is 16.6. The van der Waals surface area contributed by atoms with Gasteiger partial charge >= 0.3 is 0 Å². The van der Waals surface area contributed by atoms with Crippen LogP contribution < -0.4 is 17.2 Å². The van der Waals surface area contributed by atoms with Crippen molar-refractivity contribution in [3.8, 4) is 0 Å². The van der Waals surface area contributed by atoms with Gasteiger partial charge in [-0.15, -0.1) is 0 Å². The van der Waals surface area contributed by atoms with Gasteiger partial charge in [0.05, 0.1) is 19.8 Å². The largest absolute Gasteiger partial charge is 0.394 e. The zero-order chi connectivity index (χ0) is 37.7. The summed E-state index contributed by atoms with van der Waals surface area (Å²) in [7, 11) is 0. The van der Waals surface area contributed by atoms with E-state index in [2.05, 4.69) is 49.7 Å². The molecule has 0 aromatic heterocycles. The van der Waals surface area contributed by atoms with Crippen LogP contribution in [0.1, 0.15) is 0 Å². The molecule has 15 N–H and O–H groups in total. The summed E-state index contributed by atoms with van der Waals surface area (Å²) in [6.07, 6.45) is -8.38. The summed E-state index contributed by atoms with van der Waals surface area (Å²) in [5.41, 5.74) is 16.1. The minimum atomic E-state index is -1.19. The van der Waals surface area contributed by atoms with Crippen molar-refractivity contribution >= 4 is 36.9 Å². The first-order valence-corrected chi connectivity index (χ1v) is 15.1. The minimum Gasteiger partial charge on any atom is -0.394 e. The predicted molar refractivity (Wildman–Crippen MR) is 177 cm³/mol. The number of aliphatic hydroxyl groups is 9. The van der Waals surface area contributed by atoms with Gasteiger partial charge in [-0.25, -0.2) is 15.0 Å². The molecule has 0 aromatic rings. The van der Waals surface area contributed by atoms with E-state index in [-0.39, 0.29) is 35.3 Å². The molecule has 3 saturated heterocycles. The van der Waals surface area contributed by atoms with Gasteiger partial charge in [-0.2, -0.15) is 15.0 Å². The second-order valence-corrected chi connectivity index (χ2v) is 11.3. The topological polar surface area (TPSA) is 372 Å². The first kappa shape index (κ1) is 39.3. The lowest BCUT2D eigenvalue weighted by atomic mass is 10.1. The smallest absolute Gasteiger partial charge is 0.223 e. The highest BCUT2D eigenvalue weighted by Crippen LogP contribution is 2.28. The number of ether oxygens (including phenoxy) is 3. The number of aliphatic hydroxyl groups excluding tert-OH is 9. The Hall–Kier alpha value is -4.44. The average molecular weight is 727 g/mol. The molecule has 51 heavy (non-hydrogen) atoms. The van der Waals surface area contributed by atoms with E-state index in [1.165, 1.54) is 33.7 Å². The molecule has 0 spiro atoms. The standard InChI is InChI=1S/3C9H14N4O4/c3*1-4-12-9(10)11-3-13(4)8-7(16)6(15)5(2-14)17-8/h3*3,5-8,14-16H,1-2H2,(H2,10,12)/t3*5-,6+,7?,8-/m111/s1. The van der Waals surface area contributed by atoms with Crippen LogP contribution >= 0.6 is 0 Å². The maximum atomic E-state index is 9.78. The highest BCUT2D eigenvalue weighted by Gasteiger charge is 2.48. The normalized spacial score (nSPS) is 37.5. The molecule has 6 rings (SSSR count). The zero-order valence-electron chi connectivity index (χ0n) is 26.9. The van der Waals surface area contributed by atoms with Crippen LogP contribution in [0.4, 0.5) is 0 Å². The van der Waals surface area contributed by atoms with Crippen molar-refractivity contribution < 1.29 is 60.2 Å². The molecule has 6 aliphatic heterocycles. The van der Waals surface area contributed by atoms with E-state index in [9.17, 15) is 30.6 Å². The van der Waals surface area contributed by atoms with E-state index in [1.807, 2.05) is 0 Å². The number of nitrogens with zero attached hydrogens (tertiary/aromatic N) is 9. The van der Waals surface area contributed by atoms with Crippen molar-refractivity contribution in [1.29, 1.82) is 0 Å². The number of hydrogen-bond donors (Lipinski definition) is 12. The molecule has 24 heteroatoms. The molecule has 12 atom stereocenters. The maximum absolute atomic E-state index is 9.78. The second-order valence-electron chi connectivity index (χ2n) is 11.3. The van der Waals surface area contributed by atoms with Crippen molar-refractivity contribution in [1.82, 2.24) is 14.7 Å². The SMILES string of the molecule is C=C1N=C(N)N=CN1[C@@H]1O[C@H](CO)[C@H](O)C1O.C=C1N=C(N)N=CN1[C@@H]1O[C@H](CO)[C@H](O)C1O.C=C1N=C(N)N=CN1[C@@H]1O[C@H](CO)[C@H](O)C1O. The first-order valence-electron chi connectivity index (χ1n) is 15.1. The van der Waals surface area contributed by atoms with Crippen LogP contribution in [0.15, 0.2) is 67.2 Å². The molecular weight excluding hydrogens is 684 g/mol. The summed E-state index contributed by atoms with van der Waals surface area (Å²) in [6, 6.07) is 0. The van der Waals surface area contributed by atoms with Crippen molar-refractivity contribution in [2.24, 2.45) is 47.2 Å². The fraction of sp³-hybridized carbons (Fsp3) is 0.556. The molecule has 6 aliphatic rings. The third-order valence-corrected chi connectivity index (χ3v) is 7.94. The molecule has 24 nitrogen and oxygen atoms in total. The molecule has 0 bridgehead atoms. The predicted octanol–water partition coefficient (Wildman–Crippen LogP) is -7.33. The molecule has 0 saturated carbocycles. The monoisotopic (exact) mass is 726 g/mol. The molecule has 3 unspecified atom stereocenters. The molecular formula is C27H42N12O12. The van der Waals surface area contributed by atoms with Gasteiger partial charge < -0.3 is 77.4 Å². The Labute approximate surface area is 289 Å². The third-order valence-electron chi connectivity index (χ3n) is 7.94. The molecule has 0 aromatic carbocycles. The van der Waals surface area contributed by atoms with Gasteiger partial charge in [0.15, 0.2) is 18.7 Å². The van der Waals surface area contributed by atoms with E-state index in [4.69, 9.17) is 46.7 Å². The van der Waals surface area contributed by atoms with Crippen molar-refractivity contribution in [2.45, 2.75) is 73.6 Å². The molecule has 0 radical (unpaired) electrons. The zero-order valence-corrected chi connectivity index (χ0v) is 26.9. The quantitative estimate of drug-likeness (QED) is 0.121. The summed E-state index contributed by atoms with van der Waals surface area (Å²) in [6.45, 7) is 9.72. The van der Waals surface area contributed by atoms with E-state index in [1.54, 1.807) is 0 Å². The Bertz CT molecular complexity index is 1320. The van der Waals surface area contributed by atoms with Crippen molar-refractivity contribution in [3.63, 3.8) is 0 Å². The molecule has 6 heterocycles. The summed E-state index contributed by atoms with van der Waals surface area (Å²) >= 11 is 0. The van der Waals surface area contributed by atoms with Gasteiger partial charge in [-0.3, -0.25) is 14.7 Å². The minimum absolute atomic E-state index is 0.0537. The van der Waals surface area contributed by atoms with Crippen LogP contribution in [0.5, 0.6) is 0 Å². The molecule has 0 amide bonds. The lowest BCUT2D eigenvalue weighted by Gasteiger charge is -2.29. The number of hydrogen-bond acceptors (Lipinski definition) is 24. The van der Waals surface area contributed by atoms with Crippen LogP contribution in [0.3, 0.4) is 0 Å². The van der Waals surface area contributed by atoms with Crippen LogP contribution in [0.25, 0.3) is 0 Å². The Morgan fingerprint density at radius 3 is 0.902 bits per heavy atom. The van der Waals surface area contributed by atoms with E-state index < -0.39 is 93.4 Å². The number of guanidine groups is 3.